The molecule has 4 N–H and O–H groups in total. The molecule has 3 atom stereocenters. The Morgan fingerprint density at radius 1 is 1.45 bits per heavy atom. The summed E-state index contributed by atoms with van der Waals surface area (Å²) >= 11 is 0. The molecule has 2 heterocycles. The molecule has 11 heteroatoms. The molecule has 0 spiro atoms. The van der Waals surface area contributed by atoms with Gasteiger partial charge in [-0.2, -0.15) is 0 Å². The number of aliphatic hydroxyl groups is 1. The number of hydrogen-bond acceptors (Lipinski definition) is 6. The van der Waals surface area contributed by atoms with Gasteiger partial charge in [-0.05, 0) is 0 Å². The number of hydrogen-bond donors (Lipinski definition) is 4. The number of carbonyl (C=O) groups excluding carboxylic acids is 2. The zero-order valence-corrected chi connectivity index (χ0v) is 11.2. The van der Waals surface area contributed by atoms with E-state index < -0.39 is 44.8 Å². The fourth-order valence-corrected chi connectivity index (χ4v) is 2.77. The second-order valence-corrected chi connectivity index (χ2v) is 5.67. The highest BCUT2D eigenvalue weighted by molar-refractivity contribution is 7.46. The molecule has 20 heavy (non-hydrogen) atoms. The summed E-state index contributed by atoms with van der Waals surface area (Å²) < 4.78 is 20.7. The normalized spacial score (nSPS) is 31.6. The summed E-state index contributed by atoms with van der Waals surface area (Å²) in [6, 6.07) is -0.639. The predicted molar refractivity (Wildman–Crippen MR) is 62.1 cm³/mol. The molecule has 0 radical (unpaired) electrons. The smallest absolute Gasteiger partial charge is 0.394 e. The van der Waals surface area contributed by atoms with Crippen LogP contribution in [0.5, 0.6) is 0 Å². The predicted octanol–water partition coefficient (Wildman–Crippen LogP) is -1.49. The summed E-state index contributed by atoms with van der Waals surface area (Å²) in [7, 11) is -4.72. The maximum Gasteiger partial charge on any atom is 0.469 e. The van der Waals surface area contributed by atoms with Gasteiger partial charge in [0.15, 0.2) is 0 Å². The van der Waals surface area contributed by atoms with Crippen molar-refractivity contribution >= 4 is 19.8 Å². The third kappa shape index (κ3) is 3.54. The van der Waals surface area contributed by atoms with E-state index in [9.17, 15) is 14.2 Å². The Bertz CT molecular complexity index is 451. The molecular formula is C9H15N2O8P. The van der Waals surface area contributed by atoms with Crippen LogP contribution in [0.1, 0.15) is 12.8 Å². The van der Waals surface area contributed by atoms with Gasteiger partial charge in [0.25, 0.3) is 0 Å². The summed E-state index contributed by atoms with van der Waals surface area (Å²) in [5.41, 5.74) is 0. The third-order valence-electron chi connectivity index (χ3n) is 3.07. The van der Waals surface area contributed by atoms with Gasteiger partial charge in [-0.3, -0.25) is 19.5 Å². The summed E-state index contributed by atoms with van der Waals surface area (Å²) in [4.78, 5) is 41.5. The molecule has 2 aliphatic rings. The monoisotopic (exact) mass is 310 g/mol. The minimum atomic E-state index is -4.72. The van der Waals surface area contributed by atoms with Crippen molar-refractivity contribution < 1.29 is 38.3 Å². The van der Waals surface area contributed by atoms with Crippen LogP contribution in [0.25, 0.3) is 0 Å². The Morgan fingerprint density at radius 2 is 2.15 bits per heavy atom. The lowest BCUT2D eigenvalue weighted by atomic mass is 10.2. The SMILES string of the molecule is O=C1CCN([C@H]2C[C@H](OP(=O)(O)O)[C@@H](CO)O2)C(=O)N1. The number of carbonyl (C=O) groups is 2. The van der Waals surface area contributed by atoms with Gasteiger partial charge in [0.05, 0.1) is 6.61 Å². The van der Waals surface area contributed by atoms with Crippen LogP contribution >= 0.6 is 7.82 Å². The Morgan fingerprint density at radius 3 is 2.70 bits per heavy atom. The molecule has 2 fully saturated rings. The molecule has 0 bridgehead atoms. The number of phosphoric acid groups is 1. The number of ether oxygens (including phenoxy) is 1. The Hall–Kier alpha value is -1.03. The number of phosphoric ester groups is 1. The van der Waals surface area contributed by atoms with E-state index in [1.165, 1.54) is 4.90 Å². The Kier molecular flexibility index (Phi) is 4.43. The highest BCUT2D eigenvalue weighted by atomic mass is 31.2. The van der Waals surface area contributed by atoms with E-state index in [-0.39, 0.29) is 19.4 Å². The van der Waals surface area contributed by atoms with E-state index in [2.05, 4.69) is 9.84 Å². The van der Waals surface area contributed by atoms with E-state index in [0.717, 1.165) is 0 Å². The third-order valence-corrected chi connectivity index (χ3v) is 3.61. The molecule has 0 aliphatic carbocycles. The van der Waals surface area contributed by atoms with Gasteiger partial charge in [0.2, 0.25) is 5.91 Å². The number of nitrogens with one attached hydrogen (secondary N) is 1. The van der Waals surface area contributed by atoms with Crippen LogP contribution in [0.3, 0.4) is 0 Å². The number of amides is 3. The Balaban J connectivity index is 2.03. The molecular weight excluding hydrogens is 295 g/mol. The number of nitrogens with zero attached hydrogens (tertiary/aromatic N) is 1. The van der Waals surface area contributed by atoms with Gasteiger partial charge in [-0.25, -0.2) is 9.36 Å². The molecule has 0 unspecified atom stereocenters. The van der Waals surface area contributed by atoms with Crippen molar-refractivity contribution in [1.82, 2.24) is 10.2 Å². The number of aliphatic hydroxyl groups excluding tert-OH is 1. The number of urea groups is 1. The molecule has 3 amide bonds. The van der Waals surface area contributed by atoms with Gasteiger partial charge >= 0.3 is 13.9 Å². The van der Waals surface area contributed by atoms with Crippen LogP contribution in [-0.2, 0) is 18.6 Å². The molecule has 0 aromatic rings. The average molecular weight is 310 g/mol. The van der Waals surface area contributed by atoms with Crippen LogP contribution in [0.4, 0.5) is 4.79 Å². The molecule has 2 rings (SSSR count). The maximum absolute atomic E-state index is 11.6. The van der Waals surface area contributed by atoms with Crippen molar-refractivity contribution in [2.75, 3.05) is 13.2 Å². The second kappa shape index (κ2) is 5.76. The fraction of sp³-hybridized carbons (Fsp3) is 0.778. The zero-order valence-electron chi connectivity index (χ0n) is 10.3. The van der Waals surface area contributed by atoms with Crippen LogP contribution in [0.2, 0.25) is 0 Å². The van der Waals surface area contributed by atoms with Gasteiger partial charge in [0, 0.05) is 19.4 Å². The molecule has 2 aliphatic heterocycles. The molecule has 2 saturated heterocycles. The van der Waals surface area contributed by atoms with Crippen molar-refractivity contribution in [3.63, 3.8) is 0 Å². The summed E-state index contributed by atoms with van der Waals surface area (Å²) in [5, 5.41) is 11.2. The summed E-state index contributed by atoms with van der Waals surface area (Å²) in [6.45, 7) is -0.369. The minimum absolute atomic E-state index is 0.00204. The second-order valence-electron chi connectivity index (χ2n) is 4.48. The lowest BCUT2D eigenvalue weighted by Gasteiger charge is -2.31. The molecule has 0 saturated carbocycles. The van der Waals surface area contributed by atoms with Crippen LogP contribution in [-0.4, -0.2) is 63.3 Å². The number of rotatable bonds is 4. The van der Waals surface area contributed by atoms with Crippen LogP contribution in [0, 0.1) is 0 Å². The average Bonchev–Trinajstić information content (AvgIpc) is 2.69. The van der Waals surface area contributed by atoms with E-state index in [4.69, 9.17) is 19.6 Å². The molecule has 0 aromatic heterocycles. The number of imide groups is 1. The van der Waals surface area contributed by atoms with Gasteiger partial charge in [-0.1, -0.05) is 0 Å². The summed E-state index contributed by atoms with van der Waals surface area (Å²) in [5.74, 6) is -0.397. The lowest BCUT2D eigenvalue weighted by molar-refractivity contribution is -0.123. The maximum atomic E-state index is 11.6. The van der Waals surface area contributed by atoms with Crippen LogP contribution < -0.4 is 5.32 Å². The van der Waals surface area contributed by atoms with Crippen LogP contribution in [0.15, 0.2) is 0 Å². The van der Waals surface area contributed by atoms with Gasteiger partial charge in [0.1, 0.15) is 18.4 Å². The van der Waals surface area contributed by atoms with Crippen molar-refractivity contribution in [2.24, 2.45) is 0 Å². The summed E-state index contributed by atoms with van der Waals surface area (Å²) in [6.07, 6.45) is -2.68. The quantitative estimate of drug-likeness (QED) is 0.460. The first-order chi connectivity index (χ1) is 9.30. The van der Waals surface area contributed by atoms with Crippen molar-refractivity contribution in [3.05, 3.63) is 0 Å². The lowest BCUT2D eigenvalue weighted by Crippen LogP contribution is -2.53. The van der Waals surface area contributed by atoms with Crippen molar-refractivity contribution in [2.45, 2.75) is 31.3 Å². The highest BCUT2D eigenvalue weighted by Crippen LogP contribution is 2.42. The van der Waals surface area contributed by atoms with Gasteiger partial charge < -0.3 is 19.6 Å². The first-order valence-corrected chi connectivity index (χ1v) is 7.44. The minimum Gasteiger partial charge on any atom is -0.394 e. The van der Waals surface area contributed by atoms with E-state index in [0.29, 0.717) is 0 Å². The largest absolute Gasteiger partial charge is 0.469 e. The zero-order chi connectivity index (χ0) is 14.9. The Labute approximate surface area is 113 Å². The van der Waals surface area contributed by atoms with E-state index in [1.54, 1.807) is 0 Å². The molecule has 0 aromatic carbocycles. The van der Waals surface area contributed by atoms with Crippen molar-refractivity contribution in [1.29, 1.82) is 0 Å². The fourth-order valence-electron chi connectivity index (χ4n) is 2.20. The van der Waals surface area contributed by atoms with E-state index in [1.807, 2.05) is 0 Å². The van der Waals surface area contributed by atoms with Gasteiger partial charge in [-0.15, -0.1) is 0 Å². The topological polar surface area (TPSA) is 146 Å². The van der Waals surface area contributed by atoms with Crippen molar-refractivity contribution in [3.8, 4) is 0 Å². The molecule has 114 valence electrons. The first-order valence-electron chi connectivity index (χ1n) is 5.91. The van der Waals surface area contributed by atoms with E-state index >= 15 is 0 Å². The highest BCUT2D eigenvalue weighted by Gasteiger charge is 2.44. The standard InChI is InChI=1S/C9H15N2O8P/c12-4-6-5(19-20(15,16)17)3-8(18-6)11-2-1-7(13)10-9(11)14/h5-6,8,12H,1-4H2,(H,10,13,14)(H2,15,16,17)/t5-,6+,8+/m0/s1. The molecule has 10 nitrogen and oxygen atoms in total. The first kappa shape index (κ1) is 15.4.